The van der Waals surface area contributed by atoms with Crippen LogP contribution in [-0.2, 0) is 0 Å². The van der Waals surface area contributed by atoms with Crippen molar-refractivity contribution >= 4 is 0 Å². The van der Waals surface area contributed by atoms with Gasteiger partial charge in [0.05, 0.1) is 0 Å². The van der Waals surface area contributed by atoms with E-state index in [1.807, 2.05) is 0 Å². The van der Waals surface area contributed by atoms with E-state index >= 15 is 0 Å². The molecule has 0 saturated carbocycles. The molecule has 0 spiro atoms. The van der Waals surface area contributed by atoms with Crippen LogP contribution in [0.5, 0.6) is 0 Å². The SMILES string of the molecule is CC(C)(C)NF. The van der Waals surface area contributed by atoms with Crippen molar-refractivity contribution in [2.24, 2.45) is 0 Å². The summed E-state index contributed by atoms with van der Waals surface area (Å²) in [5.74, 6) is 0. The van der Waals surface area contributed by atoms with Crippen molar-refractivity contribution in [2.75, 3.05) is 0 Å². The largest absolute Gasteiger partial charge is 0.154 e. The molecule has 0 fully saturated rings. The van der Waals surface area contributed by atoms with Crippen molar-refractivity contribution in [3.05, 3.63) is 0 Å². The summed E-state index contributed by atoms with van der Waals surface area (Å²) in [6.07, 6.45) is 0. The van der Waals surface area contributed by atoms with Crippen LogP contribution in [0, 0.1) is 0 Å². The lowest BCUT2D eigenvalue weighted by molar-refractivity contribution is 0.218. The lowest BCUT2D eigenvalue weighted by Gasteiger charge is -2.11. The van der Waals surface area contributed by atoms with E-state index in [0.29, 0.717) is 0 Å². The van der Waals surface area contributed by atoms with E-state index in [0.717, 1.165) is 0 Å². The molecule has 0 heterocycles. The molecule has 0 atom stereocenters. The van der Waals surface area contributed by atoms with E-state index in [1.54, 1.807) is 26.3 Å². The van der Waals surface area contributed by atoms with Gasteiger partial charge < -0.3 is 0 Å². The van der Waals surface area contributed by atoms with Crippen LogP contribution in [0.3, 0.4) is 0 Å². The first-order chi connectivity index (χ1) is 2.56. The van der Waals surface area contributed by atoms with Crippen molar-refractivity contribution in [3.63, 3.8) is 0 Å². The van der Waals surface area contributed by atoms with Gasteiger partial charge in [0.2, 0.25) is 0 Å². The Labute approximate surface area is 37.5 Å². The maximum Gasteiger partial charge on any atom is 0.0397 e. The molecule has 0 aromatic rings. The molecule has 0 aliphatic heterocycles. The molecule has 0 bridgehead atoms. The monoisotopic (exact) mass is 91.1 g/mol. The molecule has 0 aliphatic rings. The predicted octanol–water partition coefficient (Wildman–Crippen LogP) is 1.26. The first-order valence-electron chi connectivity index (χ1n) is 1.94. The van der Waals surface area contributed by atoms with Gasteiger partial charge in [-0.05, 0) is 20.8 Å². The van der Waals surface area contributed by atoms with Gasteiger partial charge in [-0.3, -0.25) is 0 Å². The van der Waals surface area contributed by atoms with Crippen LogP contribution >= 0.6 is 0 Å². The molecule has 2 heteroatoms. The molecule has 0 amide bonds. The number of rotatable bonds is 0. The number of hydrogen-bond donors (Lipinski definition) is 1. The van der Waals surface area contributed by atoms with E-state index < -0.39 is 0 Å². The summed E-state index contributed by atoms with van der Waals surface area (Å²) >= 11 is 0. The normalized spacial score (nSPS) is 12.0. The van der Waals surface area contributed by atoms with E-state index in [9.17, 15) is 4.48 Å². The third kappa shape index (κ3) is 3.89. The van der Waals surface area contributed by atoms with E-state index in [1.165, 1.54) is 0 Å². The zero-order chi connectivity index (χ0) is 5.21. The Bertz CT molecular complexity index is 37.3. The van der Waals surface area contributed by atoms with Gasteiger partial charge in [0.25, 0.3) is 0 Å². The molecule has 38 valence electrons. The van der Waals surface area contributed by atoms with Crippen LogP contribution in [0.1, 0.15) is 20.8 Å². The lowest BCUT2D eigenvalue weighted by atomic mass is 10.1. The minimum Gasteiger partial charge on any atom is -0.154 e. The molecule has 0 rings (SSSR count). The van der Waals surface area contributed by atoms with Gasteiger partial charge >= 0.3 is 0 Å². The van der Waals surface area contributed by atoms with E-state index in [-0.39, 0.29) is 5.54 Å². The first-order valence-corrected chi connectivity index (χ1v) is 1.94. The second-order valence-electron chi connectivity index (χ2n) is 2.34. The van der Waals surface area contributed by atoms with Crippen molar-refractivity contribution in [3.8, 4) is 0 Å². The van der Waals surface area contributed by atoms with Crippen LogP contribution in [0.15, 0.2) is 0 Å². The summed E-state index contributed by atoms with van der Waals surface area (Å²) in [6, 6.07) is 0. The second kappa shape index (κ2) is 1.56. The zero-order valence-corrected chi connectivity index (χ0v) is 4.38. The summed E-state index contributed by atoms with van der Waals surface area (Å²) in [7, 11) is 0. The van der Waals surface area contributed by atoms with Gasteiger partial charge in [0, 0.05) is 5.54 Å². The molecule has 1 N–H and O–H groups in total. The van der Waals surface area contributed by atoms with Crippen LogP contribution in [0.25, 0.3) is 0 Å². The van der Waals surface area contributed by atoms with Gasteiger partial charge in [0.1, 0.15) is 0 Å². The fourth-order valence-corrected chi connectivity index (χ4v) is 0. The Morgan fingerprint density at radius 3 is 1.50 bits per heavy atom. The Kier molecular flexibility index (Phi) is 1.53. The topological polar surface area (TPSA) is 12.0 Å². The summed E-state index contributed by atoms with van der Waals surface area (Å²) in [4.78, 5) is 0. The van der Waals surface area contributed by atoms with Gasteiger partial charge in [0.15, 0.2) is 0 Å². The molecule has 1 nitrogen and oxygen atoms in total. The van der Waals surface area contributed by atoms with Gasteiger partial charge in [-0.1, -0.05) is 0 Å². The summed E-state index contributed by atoms with van der Waals surface area (Å²) in [5, 5.41) is 0. The van der Waals surface area contributed by atoms with Gasteiger partial charge in [-0.25, -0.2) is 0 Å². The minimum absolute atomic E-state index is 0.375. The third-order valence-corrected chi connectivity index (χ3v) is 0.283. The van der Waals surface area contributed by atoms with Crippen LogP contribution in [0.2, 0.25) is 0 Å². The number of hydrogen-bond acceptors (Lipinski definition) is 1. The highest BCUT2D eigenvalue weighted by atomic mass is 19.2. The van der Waals surface area contributed by atoms with Gasteiger partial charge in [-0.2, -0.15) is 5.54 Å². The predicted molar refractivity (Wildman–Crippen MR) is 24.0 cm³/mol. The Hall–Kier alpha value is -0.110. The van der Waals surface area contributed by atoms with Crippen LogP contribution in [-0.4, -0.2) is 5.54 Å². The highest BCUT2D eigenvalue weighted by Gasteiger charge is 2.05. The molecule has 6 heavy (non-hydrogen) atoms. The Morgan fingerprint density at radius 1 is 1.33 bits per heavy atom. The average molecular weight is 91.1 g/mol. The van der Waals surface area contributed by atoms with Crippen LogP contribution < -0.4 is 5.54 Å². The molecule has 0 aromatic carbocycles. The molecule has 0 saturated heterocycles. The second-order valence-corrected chi connectivity index (χ2v) is 2.34. The third-order valence-electron chi connectivity index (χ3n) is 0.283. The van der Waals surface area contributed by atoms with Gasteiger partial charge in [-0.15, -0.1) is 4.48 Å². The lowest BCUT2D eigenvalue weighted by Crippen LogP contribution is -2.28. The minimum atomic E-state index is -0.375. The Morgan fingerprint density at radius 2 is 1.50 bits per heavy atom. The molecule has 0 unspecified atom stereocenters. The summed E-state index contributed by atoms with van der Waals surface area (Å²) in [5.41, 5.74) is 1.23. The van der Waals surface area contributed by atoms with E-state index in [4.69, 9.17) is 0 Å². The quantitative estimate of drug-likeness (QED) is 0.442. The highest BCUT2D eigenvalue weighted by Crippen LogP contribution is 1.95. The van der Waals surface area contributed by atoms with Crippen molar-refractivity contribution in [1.82, 2.24) is 5.54 Å². The first kappa shape index (κ1) is 5.89. The van der Waals surface area contributed by atoms with Crippen LogP contribution in [0.4, 0.5) is 4.48 Å². The van der Waals surface area contributed by atoms with Crippen molar-refractivity contribution in [2.45, 2.75) is 26.3 Å². The molecule has 0 aromatic heterocycles. The maximum atomic E-state index is 11.2. The fraction of sp³-hybridized carbons (Fsp3) is 1.00. The number of nitrogens with one attached hydrogen (secondary N) is 1. The molecule has 0 radical (unpaired) electrons. The highest BCUT2D eigenvalue weighted by molar-refractivity contribution is 4.62. The Balaban J connectivity index is 3.17. The summed E-state index contributed by atoms with van der Waals surface area (Å²) < 4.78 is 11.2. The smallest absolute Gasteiger partial charge is 0.0397 e. The van der Waals surface area contributed by atoms with Crippen molar-refractivity contribution in [1.29, 1.82) is 0 Å². The summed E-state index contributed by atoms with van der Waals surface area (Å²) in [6.45, 7) is 5.27. The van der Waals surface area contributed by atoms with Crippen molar-refractivity contribution < 1.29 is 4.48 Å². The average Bonchev–Trinajstić information content (AvgIpc) is 1.35. The molecular formula is C4H10FN. The molecular weight excluding hydrogens is 81.0 g/mol. The fourth-order valence-electron chi connectivity index (χ4n) is 0. The number of halogens is 1. The standard InChI is InChI=1S/C4H10FN/c1-4(2,3)6-5/h6H,1-3H3. The molecule has 0 aliphatic carbocycles. The maximum absolute atomic E-state index is 11.2. The van der Waals surface area contributed by atoms with E-state index in [2.05, 4.69) is 0 Å². The zero-order valence-electron chi connectivity index (χ0n) is 4.38.